The molecule has 6 nitrogen and oxygen atoms in total. The molecule has 0 heterocycles. The summed E-state index contributed by atoms with van der Waals surface area (Å²) in [6, 6.07) is 13.7. The quantitative estimate of drug-likeness (QED) is 0.796. The maximum Gasteiger partial charge on any atom is 0.341 e. The standard InChI is InChI=1S/C17H17NO5S/c19-17(20)11-23-14-5-7-15(8-6-14)24(21,22)18-10-13-9-12-3-1-2-4-16(12)13/h1-8,13,18H,9-11H2,(H,19,20). The molecular formula is C17H17NO5S. The van der Waals surface area contributed by atoms with Crippen LogP contribution in [0.3, 0.4) is 0 Å². The fourth-order valence-electron chi connectivity index (χ4n) is 2.70. The van der Waals surface area contributed by atoms with Gasteiger partial charge < -0.3 is 9.84 Å². The van der Waals surface area contributed by atoms with Crippen molar-refractivity contribution in [1.29, 1.82) is 0 Å². The summed E-state index contributed by atoms with van der Waals surface area (Å²) in [5.74, 6) is -0.576. The second kappa shape index (κ2) is 6.62. The van der Waals surface area contributed by atoms with Gasteiger partial charge in [-0.2, -0.15) is 0 Å². The third-order valence-corrected chi connectivity index (χ3v) is 5.42. The van der Waals surface area contributed by atoms with Gasteiger partial charge in [-0.15, -0.1) is 0 Å². The maximum absolute atomic E-state index is 12.3. The van der Waals surface area contributed by atoms with E-state index in [1.54, 1.807) is 0 Å². The van der Waals surface area contributed by atoms with Crippen molar-refractivity contribution in [2.45, 2.75) is 17.2 Å². The number of carboxylic acid groups (broad SMARTS) is 1. The van der Waals surface area contributed by atoms with E-state index >= 15 is 0 Å². The molecular weight excluding hydrogens is 330 g/mol. The molecule has 24 heavy (non-hydrogen) atoms. The minimum absolute atomic E-state index is 0.123. The molecule has 0 aromatic heterocycles. The molecule has 2 aromatic rings. The molecule has 0 bridgehead atoms. The Morgan fingerprint density at radius 3 is 2.54 bits per heavy atom. The summed E-state index contributed by atoms with van der Waals surface area (Å²) in [7, 11) is -3.60. The predicted octanol–water partition coefficient (Wildman–Crippen LogP) is 1.77. The van der Waals surface area contributed by atoms with E-state index in [9.17, 15) is 13.2 Å². The number of rotatable bonds is 7. The van der Waals surface area contributed by atoms with Gasteiger partial charge in [0.1, 0.15) is 5.75 Å². The summed E-state index contributed by atoms with van der Waals surface area (Å²) >= 11 is 0. The van der Waals surface area contributed by atoms with Gasteiger partial charge in [-0.3, -0.25) is 0 Å². The Kier molecular flexibility index (Phi) is 4.55. The van der Waals surface area contributed by atoms with Crippen molar-refractivity contribution in [2.75, 3.05) is 13.2 Å². The van der Waals surface area contributed by atoms with Crippen LogP contribution in [0.25, 0.3) is 0 Å². The molecule has 0 aliphatic heterocycles. The topological polar surface area (TPSA) is 92.7 Å². The highest BCUT2D eigenvalue weighted by Gasteiger charge is 2.27. The van der Waals surface area contributed by atoms with E-state index in [-0.39, 0.29) is 10.8 Å². The van der Waals surface area contributed by atoms with E-state index in [2.05, 4.69) is 10.8 Å². The van der Waals surface area contributed by atoms with Gasteiger partial charge in [0.2, 0.25) is 10.0 Å². The summed E-state index contributed by atoms with van der Waals surface area (Å²) in [4.78, 5) is 10.6. The number of carbonyl (C=O) groups is 1. The largest absolute Gasteiger partial charge is 0.482 e. The maximum atomic E-state index is 12.3. The van der Waals surface area contributed by atoms with Crippen LogP contribution in [-0.2, 0) is 21.2 Å². The lowest BCUT2D eigenvalue weighted by Crippen LogP contribution is -2.33. The van der Waals surface area contributed by atoms with Crippen LogP contribution >= 0.6 is 0 Å². The minimum Gasteiger partial charge on any atom is -0.482 e. The lowest BCUT2D eigenvalue weighted by molar-refractivity contribution is -0.139. The number of hydrogen-bond acceptors (Lipinski definition) is 4. The fraction of sp³-hybridized carbons (Fsp3) is 0.235. The number of carboxylic acids is 1. The van der Waals surface area contributed by atoms with Crippen LogP contribution < -0.4 is 9.46 Å². The fourth-order valence-corrected chi connectivity index (χ4v) is 3.78. The van der Waals surface area contributed by atoms with Crippen LogP contribution in [0.5, 0.6) is 5.75 Å². The molecule has 126 valence electrons. The van der Waals surface area contributed by atoms with E-state index in [4.69, 9.17) is 9.84 Å². The number of benzene rings is 2. The van der Waals surface area contributed by atoms with Gasteiger partial charge in [-0.05, 0) is 41.8 Å². The summed E-state index contributed by atoms with van der Waals surface area (Å²) < 4.78 is 32.2. The molecule has 2 N–H and O–H groups in total. The summed E-state index contributed by atoms with van der Waals surface area (Å²) in [6.07, 6.45) is 0.876. The summed E-state index contributed by atoms with van der Waals surface area (Å²) in [5, 5.41) is 8.55. The van der Waals surface area contributed by atoms with Gasteiger partial charge in [0.15, 0.2) is 6.61 Å². The number of ether oxygens (including phenoxy) is 1. The van der Waals surface area contributed by atoms with E-state index in [0.29, 0.717) is 12.3 Å². The monoisotopic (exact) mass is 347 g/mol. The highest BCUT2D eigenvalue weighted by atomic mass is 32.2. The van der Waals surface area contributed by atoms with Crippen LogP contribution in [0, 0.1) is 0 Å². The number of sulfonamides is 1. The molecule has 1 unspecified atom stereocenters. The van der Waals surface area contributed by atoms with Crippen LogP contribution in [0.15, 0.2) is 53.4 Å². The van der Waals surface area contributed by atoms with Crippen molar-refractivity contribution in [3.63, 3.8) is 0 Å². The minimum atomic E-state index is -3.60. The number of fused-ring (bicyclic) bond motifs is 1. The van der Waals surface area contributed by atoms with Crippen molar-refractivity contribution in [2.24, 2.45) is 0 Å². The Hall–Kier alpha value is -2.38. The zero-order valence-corrected chi connectivity index (χ0v) is 13.6. The first kappa shape index (κ1) is 16.5. The second-order valence-corrected chi connectivity index (χ2v) is 7.37. The Bertz CT molecular complexity index is 846. The smallest absolute Gasteiger partial charge is 0.341 e. The average Bonchev–Trinajstić information content (AvgIpc) is 2.54. The van der Waals surface area contributed by atoms with Crippen molar-refractivity contribution in [3.8, 4) is 5.75 Å². The molecule has 1 atom stereocenters. The predicted molar refractivity (Wildman–Crippen MR) is 87.6 cm³/mol. The first-order chi connectivity index (χ1) is 11.5. The Morgan fingerprint density at radius 1 is 1.17 bits per heavy atom. The van der Waals surface area contributed by atoms with Crippen molar-refractivity contribution >= 4 is 16.0 Å². The molecule has 0 fully saturated rings. The SMILES string of the molecule is O=C(O)COc1ccc(S(=O)(=O)NCC2Cc3ccccc32)cc1. The van der Waals surface area contributed by atoms with Gasteiger partial charge >= 0.3 is 5.97 Å². The molecule has 0 spiro atoms. The first-order valence-corrected chi connectivity index (χ1v) is 8.96. The number of nitrogens with one attached hydrogen (secondary N) is 1. The Morgan fingerprint density at radius 2 is 1.88 bits per heavy atom. The molecule has 1 aliphatic carbocycles. The lowest BCUT2D eigenvalue weighted by Gasteiger charge is -2.30. The molecule has 0 saturated carbocycles. The molecule has 0 saturated heterocycles. The second-order valence-electron chi connectivity index (χ2n) is 5.61. The third-order valence-electron chi connectivity index (χ3n) is 3.98. The van der Waals surface area contributed by atoms with Crippen LogP contribution in [0.4, 0.5) is 0 Å². The van der Waals surface area contributed by atoms with E-state index < -0.39 is 22.6 Å². The average molecular weight is 347 g/mol. The molecule has 2 aromatic carbocycles. The normalized spacial score (nSPS) is 16.1. The highest BCUT2D eigenvalue weighted by molar-refractivity contribution is 7.89. The van der Waals surface area contributed by atoms with Crippen LogP contribution in [-0.4, -0.2) is 32.6 Å². The van der Waals surface area contributed by atoms with E-state index in [0.717, 1.165) is 6.42 Å². The van der Waals surface area contributed by atoms with Gasteiger partial charge in [-0.1, -0.05) is 24.3 Å². The van der Waals surface area contributed by atoms with Gasteiger partial charge in [-0.25, -0.2) is 17.9 Å². The molecule has 1 aliphatic rings. The summed E-state index contributed by atoms with van der Waals surface area (Å²) in [5.41, 5.74) is 2.46. The van der Waals surface area contributed by atoms with Crippen LogP contribution in [0.2, 0.25) is 0 Å². The van der Waals surface area contributed by atoms with Gasteiger partial charge in [0.25, 0.3) is 0 Å². The molecule has 3 rings (SSSR count). The zero-order chi connectivity index (χ0) is 17.2. The van der Waals surface area contributed by atoms with Crippen molar-refractivity contribution in [1.82, 2.24) is 4.72 Å². The molecule has 0 radical (unpaired) electrons. The van der Waals surface area contributed by atoms with E-state index in [1.165, 1.54) is 35.4 Å². The van der Waals surface area contributed by atoms with Gasteiger partial charge in [0, 0.05) is 12.5 Å². The molecule has 0 amide bonds. The van der Waals surface area contributed by atoms with Crippen LogP contribution in [0.1, 0.15) is 17.0 Å². The zero-order valence-electron chi connectivity index (χ0n) is 12.8. The van der Waals surface area contributed by atoms with Gasteiger partial charge in [0.05, 0.1) is 4.90 Å². The summed E-state index contributed by atoms with van der Waals surface area (Å²) in [6.45, 7) is -0.109. The Balaban J connectivity index is 1.60. The third kappa shape index (κ3) is 3.58. The van der Waals surface area contributed by atoms with Crippen molar-refractivity contribution < 1.29 is 23.1 Å². The lowest BCUT2D eigenvalue weighted by atomic mass is 9.78. The molecule has 7 heteroatoms. The van der Waals surface area contributed by atoms with E-state index in [1.807, 2.05) is 18.2 Å². The Labute approximate surface area is 140 Å². The number of aliphatic carboxylic acids is 1. The first-order valence-electron chi connectivity index (χ1n) is 7.48. The highest BCUT2D eigenvalue weighted by Crippen LogP contribution is 2.34. The van der Waals surface area contributed by atoms with Crippen molar-refractivity contribution in [3.05, 3.63) is 59.7 Å². The number of hydrogen-bond donors (Lipinski definition) is 2.